The lowest BCUT2D eigenvalue weighted by Gasteiger charge is -2.18. The molecular formula is C11H15ClN4O2. The third-order valence-electron chi connectivity index (χ3n) is 2.30. The average Bonchev–Trinajstić information content (AvgIpc) is 2.30. The van der Waals surface area contributed by atoms with Gasteiger partial charge in [0.2, 0.25) is 5.91 Å². The first kappa shape index (κ1) is 14.2. The number of nitrogens with one attached hydrogen (secondary N) is 1. The van der Waals surface area contributed by atoms with Gasteiger partial charge in [-0.05, 0) is 13.0 Å². The third-order valence-corrected chi connectivity index (χ3v) is 2.51. The van der Waals surface area contributed by atoms with Gasteiger partial charge in [-0.3, -0.25) is 9.59 Å². The predicted molar refractivity (Wildman–Crippen MR) is 69.3 cm³/mol. The number of aromatic nitrogens is 1. The van der Waals surface area contributed by atoms with Crippen LogP contribution >= 0.6 is 11.6 Å². The molecule has 0 spiro atoms. The maximum atomic E-state index is 11.9. The number of anilines is 1. The summed E-state index contributed by atoms with van der Waals surface area (Å²) in [5, 5.41) is 2.72. The Kier molecular flexibility index (Phi) is 4.49. The van der Waals surface area contributed by atoms with Crippen LogP contribution in [0.4, 0.5) is 5.69 Å². The van der Waals surface area contributed by atoms with Gasteiger partial charge in [0.15, 0.2) is 0 Å². The lowest BCUT2D eigenvalue weighted by atomic mass is 10.2. The molecule has 18 heavy (non-hydrogen) atoms. The zero-order chi connectivity index (χ0) is 13.9. The van der Waals surface area contributed by atoms with Gasteiger partial charge in [-0.1, -0.05) is 11.6 Å². The molecular weight excluding hydrogens is 256 g/mol. The molecule has 0 aliphatic heterocycles. The second kappa shape index (κ2) is 5.68. The van der Waals surface area contributed by atoms with Crippen molar-refractivity contribution >= 4 is 29.1 Å². The van der Waals surface area contributed by atoms with Gasteiger partial charge in [-0.25, -0.2) is 4.98 Å². The summed E-state index contributed by atoms with van der Waals surface area (Å²) >= 11 is 5.69. The van der Waals surface area contributed by atoms with Crippen molar-refractivity contribution in [1.82, 2.24) is 15.2 Å². The van der Waals surface area contributed by atoms with Crippen LogP contribution in [0.5, 0.6) is 0 Å². The summed E-state index contributed by atoms with van der Waals surface area (Å²) in [4.78, 5) is 28.7. The average molecular weight is 271 g/mol. The maximum Gasteiger partial charge on any atom is 0.254 e. The number of pyridine rings is 1. The summed E-state index contributed by atoms with van der Waals surface area (Å²) in [5.41, 5.74) is 6.04. The summed E-state index contributed by atoms with van der Waals surface area (Å²) in [5.74, 6) is -0.665. The maximum absolute atomic E-state index is 11.9. The van der Waals surface area contributed by atoms with Crippen molar-refractivity contribution in [3.05, 3.63) is 23.0 Å². The first-order valence-corrected chi connectivity index (χ1v) is 5.63. The Balaban J connectivity index is 2.83. The molecule has 1 heterocycles. The number of carbonyl (C=O) groups excluding carboxylic acids is 2. The monoisotopic (exact) mass is 270 g/mol. The van der Waals surface area contributed by atoms with Gasteiger partial charge >= 0.3 is 0 Å². The Bertz CT molecular complexity index is 476. The Morgan fingerprint density at radius 2 is 2.11 bits per heavy atom. The highest BCUT2D eigenvalue weighted by Crippen LogP contribution is 2.14. The smallest absolute Gasteiger partial charge is 0.254 e. The number of nitrogens with two attached hydrogens (primary N) is 1. The number of nitrogen functional groups attached to an aromatic ring is 1. The second-order valence-corrected chi connectivity index (χ2v) is 4.41. The summed E-state index contributed by atoms with van der Waals surface area (Å²) in [7, 11) is 3.23. The molecule has 98 valence electrons. The van der Waals surface area contributed by atoms with Crippen molar-refractivity contribution < 1.29 is 9.59 Å². The predicted octanol–water partition coefficient (Wildman–Crippen LogP) is 0.524. The van der Waals surface area contributed by atoms with Crippen molar-refractivity contribution in [2.24, 2.45) is 0 Å². The fourth-order valence-electron chi connectivity index (χ4n) is 1.36. The van der Waals surface area contributed by atoms with E-state index in [9.17, 15) is 9.59 Å². The van der Waals surface area contributed by atoms with Crippen molar-refractivity contribution in [3.8, 4) is 0 Å². The van der Waals surface area contributed by atoms with Crippen LogP contribution in [0.2, 0.25) is 5.15 Å². The van der Waals surface area contributed by atoms with Crippen LogP contribution in [0.3, 0.4) is 0 Å². The molecule has 1 unspecified atom stereocenters. The molecule has 0 aliphatic rings. The lowest BCUT2D eigenvalue weighted by molar-refractivity contribution is -0.130. The Morgan fingerprint density at radius 1 is 1.50 bits per heavy atom. The fourth-order valence-corrected chi connectivity index (χ4v) is 1.52. The molecule has 6 nitrogen and oxygen atoms in total. The zero-order valence-corrected chi connectivity index (χ0v) is 11.2. The van der Waals surface area contributed by atoms with E-state index < -0.39 is 11.9 Å². The Labute approximate surface area is 110 Å². The van der Waals surface area contributed by atoms with Crippen LogP contribution < -0.4 is 11.1 Å². The number of hydrogen-bond acceptors (Lipinski definition) is 4. The highest BCUT2D eigenvalue weighted by molar-refractivity contribution is 6.29. The van der Waals surface area contributed by atoms with E-state index in [1.54, 1.807) is 21.0 Å². The highest BCUT2D eigenvalue weighted by atomic mass is 35.5. The minimum absolute atomic E-state index is 0.168. The van der Waals surface area contributed by atoms with E-state index in [-0.39, 0.29) is 22.3 Å². The van der Waals surface area contributed by atoms with E-state index in [0.717, 1.165) is 0 Å². The first-order chi connectivity index (χ1) is 8.32. The van der Waals surface area contributed by atoms with Gasteiger partial charge in [0, 0.05) is 14.1 Å². The quantitative estimate of drug-likeness (QED) is 0.784. The molecule has 0 saturated carbocycles. The SMILES string of the molecule is CC(NC(=O)c1cc(Cl)ncc1N)C(=O)N(C)C. The fraction of sp³-hybridized carbons (Fsp3) is 0.364. The summed E-state index contributed by atoms with van der Waals surface area (Å²) in [6, 6.07) is 0.720. The molecule has 0 aliphatic carbocycles. The van der Waals surface area contributed by atoms with Gasteiger partial charge in [-0.2, -0.15) is 0 Å². The molecule has 1 rings (SSSR count). The van der Waals surface area contributed by atoms with Crippen LogP contribution in [-0.4, -0.2) is 41.8 Å². The van der Waals surface area contributed by atoms with Crippen LogP contribution in [0, 0.1) is 0 Å². The van der Waals surface area contributed by atoms with Crippen molar-refractivity contribution in [3.63, 3.8) is 0 Å². The van der Waals surface area contributed by atoms with Crippen molar-refractivity contribution in [2.75, 3.05) is 19.8 Å². The molecule has 1 aromatic rings. The second-order valence-electron chi connectivity index (χ2n) is 4.02. The van der Waals surface area contributed by atoms with Crippen molar-refractivity contribution in [2.45, 2.75) is 13.0 Å². The summed E-state index contributed by atoms with van der Waals surface area (Å²) < 4.78 is 0. The van der Waals surface area contributed by atoms with Gasteiger partial charge in [-0.15, -0.1) is 0 Å². The molecule has 3 N–H and O–H groups in total. The normalized spacial score (nSPS) is 11.8. The first-order valence-electron chi connectivity index (χ1n) is 5.26. The Hall–Kier alpha value is -1.82. The van der Waals surface area contributed by atoms with Crippen LogP contribution in [0.25, 0.3) is 0 Å². The number of likely N-dealkylation sites (N-methyl/N-ethyl adjacent to an activating group) is 1. The molecule has 1 aromatic heterocycles. The molecule has 0 aromatic carbocycles. The van der Waals surface area contributed by atoms with E-state index in [2.05, 4.69) is 10.3 Å². The third kappa shape index (κ3) is 3.33. The standard InChI is InChI=1S/C11H15ClN4O2/c1-6(11(18)16(2)3)15-10(17)7-4-9(12)14-5-8(7)13/h4-6H,13H2,1-3H3,(H,15,17). The zero-order valence-electron chi connectivity index (χ0n) is 10.4. The minimum atomic E-state index is -0.640. The molecule has 7 heteroatoms. The van der Waals surface area contributed by atoms with E-state index in [4.69, 9.17) is 17.3 Å². The number of hydrogen-bond donors (Lipinski definition) is 2. The summed E-state index contributed by atoms with van der Waals surface area (Å²) in [6.07, 6.45) is 1.30. The van der Waals surface area contributed by atoms with E-state index in [1.807, 2.05) is 0 Å². The molecule has 0 bridgehead atoms. The van der Waals surface area contributed by atoms with Crippen LogP contribution in [0.1, 0.15) is 17.3 Å². The number of halogens is 1. The van der Waals surface area contributed by atoms with Crippen molar-refractivity contribution in [1.29, 1.82) is 0 Å². The van der Waals surface area contributed by atoms with E-state index in [0.29, 0.717) is 0 Å². The number of amides is 2. The molecule has 0 radical (unpaired) electrons. The van der Waals surface area contributed by atoms with Gasteiger partial charge in [0.25, 0.3) is 5.91 Å². The molecule has 0 fully saturated rings. The number of nitrogens with zero attached hydrogens (tertiary/aromatic N) is 2. The number of rotatable bonds is 3. The Morgan fingerprint density at radius 3 is 2.67 bits per heavy atom. The molecule has 0 saturated heterocycles. The molecule has 2 amide bonds. The number of carbonyl (C=O) groups is 2. The van der Waals surface area contributed by atoms with Crippen LogP contribution in [0.15, 0.2) is 12.3 Å². The van der Waals surface area contributed by atoms with E-state index in [1.165, 1.54) is 17.2 Å². The lowest BCUT2D eigenvalue weighted by Crippen LogP contribution is -2.44. The topological polar surface area (TPSA) is 88.3 Å². The van der Waals surface area contributed by atoms with Crippen LogP contribution in [-0.2, 0) is 4.79 Å². The largest absolute Gasteiger partial charge is 0.397 e. The van der Waals surface area contributed by atoms with Gasteiger partial charge in [0.1, 0.15) is 11.2 Å². The highest BCUT2D eigenvalue weighted by Gasteiger charge is 2.19. The molecule has 1 atom stereocenters. The van der Waals surface area contributed by atoms with Gasteiger partial charge in [0.05, 0.1) is 17.4 Å². The summed E-state index contributed by atoms with van der Waals surface area (Å²) in [6.45, 7) is 1.60. The van der Waals surface area contributed by atoms with E-state index >= 15 is 0 Å². The van der Waals surface area contributed by atoms with Gasteiger partial charge < -0.3 is 16.0 Å². The minimum Gasteiger partial charge on any atom is -0.397 e.